The van der Waals surface area contributed by atoms with Gasteiger partial charge >= 0.3 is 0 Å². The van der Waals surface area contributed by atoms with Crippen LogP contribution < -0.4 is 15.8 Å². The minimum absolute atomic E-state index is 0.135. The van der Waals surface area contributed by atoms with Crippen LogP contribution in [0.1, 0.15) is 12.8 Å². The molecule has 19 heavy (non-hydrogen) atoms. The molecule has 5 heteroatoms. The molecule has 2 rings (SSSR count). The van der Waals surface area contributed by atoms with Crippen LogP contribution in [0.5, 0.6) is 5.75 Å². The largest absolute Gasteiger partial charge is 0.494 e. The van der Waals surface area contributed by atoms with Gasteiger partial charge in [0, 0.05) is 13.2 Å². The van der Waals surface area contributed by atoms with Crippen molar-refractivity contribution in [2.45, 2.75) is 18.4 Å². The maximum Gasteiger partial charge on any atom is 0.242 e. The number of nitrogens with two attached hydrogens (primary N) is 1. The summed E-state index contributed by atoms with van der Waals surface area (Å²) in [5.41, 5.74) is 5.09. The van der Waals surface area contributed by atoms with Crippen molar-refractivity contribution in [1.82, 2.24) is 5.32 Å². The van der Waals surface area contributed by atoms with Gasteiger partial charge in [0.05, 0.1) is 13.2 Å². The first-order valence-electron chi connectivity index (χ1n) is 6.53. The number of hydrogen-bond donors (Lipinski definition) is 2. The molecule has 0 bridgehead atoms. The molecule has 1 aliphatic heterocycles. The van der Waals surface area contributed by atoms with Crippen molar-refractivity contribution in [3.8, 4) is 5.75 Å². The first kappa shape index (κ1) is 13.8. The Hall–Kier alpha value is -1.59. The van der Waals surface area contributed by atoms with Gasteiger partial charge in [0.15, 0.2) is 0 Å². The zero-order valence-corrected chi connectivity index (χ0v) is 10.9. The van der Waals surface area contributed by atoms with Crippen LogP contribution in [-0.2, 0) is 9.53 Å². The van der Waals surface area contributed by atoms with Crippen LogP contribution in [0, 0.1) is 0 Å². The molecule has 104 valence electrons. The van der Waals surface area contributed by atoms with Gasteiger partial charge in [-0.1, -0.05) is 18.2 Å². The summed E-state index contributed by atoms with van der Waals surface area (Å²) in [5.74, 6) is 0.707. The molecule has 3 N–H and O–H groups in total. The number of hydrogen-bond acceptors (Lipinski definition) is 4. The Balaban J connectivity index is 1.60. The van der Waals surface area contributed by atoms with Crippen molar-refractivity contribution in [1.29, 1.82) is 0 Å². The van der Waals surface area contributed by atoms with E-state index in [2.05, 4.69) is 5.32 Å². The number of rotatable bonds is 6. The molecule has 1 saturated heterocycles. The lowest BCUT2D eigenvalue weighted by atomic mass is 9.99. The van der Waals surface area contributed by atoms with Gasteiger partial charge in [-0.05, 0) is 25.0 Å². The monoisotopic (exact) mass is 264 g/mol. The maximum absolute atomic E-state index is 11.8. The van der Waals surface area contributed by atoms with E-state index in [0.717, 1.165) is 12.2 Å². The second kappa shape index (κ2) is 6.54. The van der Waals surface area contributed by atoms with Crippen LogP contribution in [0.2, 0.25) is 0 Å². The van der Waals surface area contributed by atoms with Gasteiger partial charge in [0.1, 0.15) is 11.3 Å². The molecular formula is C14H20N2O3. The van der Waals surface area contributed by atoms with E-state index in [1.165, 1.54) is 0 Å². The summed E-state index contributed by atoms with van der Waals surface area (Å²) in [6.45, 7) is 1.99. The zero-order chi connectivity index (χ0) is 13.6. The summed E-state index contributed by atoms with van der Waals surface area (Å²) >= 11 is 0. The number of carbonyl (C=O) groups excluding carboxylic acids is 1. The fourth-order valence-electron chi connectivity index (χ4n) is 1.92. The van der Waals surface area contributed by atoms with Crippen molar-refractivity contribution >= 4 is 5.91 Å². The van der Waals surface area contributed by atoms with E-state index in [0.29, 0.717) is 32.8 Å². The maximum atomic E-state index is 11.8. The molecule has 0 aromatic heterocycles. The smallest absolute Gasteiger partial charge is 0.242 e. The zero-order valence-electron chi connectivity index (χ0n) is 10.9. The Labute approximate surface area is 113 Å². The van der Waals surface area contributed by atoms with Crippen LogP contribution in [0.4, 0.5) is 0 Å². The third-order valence-corrected chi connectivity index (χ3v) is 3.12. The van der Waals surface area contributed by atoms with Crippen molar-refractivity contribution in [3.05, 3.63) is 30.3 Å². The summed E-state index contributed by atoms with van der Waals surface area (Å²) in [6.07, 6.45) is 1.33. The third-order valence-electron chi connectivity index (χ3n) is 3.12. The second-order valence-electron chi connectivity index (χ2n) is 4.73. The number of nitrogens with one attached hydrogen (secondary N) is 1. The van der Waals surface area contributed by atoms with Gasteiger partial charge in [-0.25, -0.2) is 0 Å². The fraction of sp³-hybridized carbons (Fsp3) is 0.500. The molecular weight excluding hydrogens is 244 g/mol. The van der Waals surface area contributed by atoms with E-state index in [1.54, 1.807) is 0 Å². The lowest BCUT2D eigenvalue weighted by molar-refractivity contribution is -0.126. The highest BCUT2D eigenvalue weighted by molar-refractivity contribution is 5.86. The predicted octanol–water partition coefficient (Wildman–Crippen LogP) is 0.689. The Morgan fingerprint density at radius 3 is 2.89 bits per heavy atom. The van der Waals surface area contributed by atoms with E-state index < -0.39 is 5.54 Å². The molecule has 0 radical (unpaired) electrons. The van der Waals surface area contributed by atoms with Crippen molar-refractivity contribution in [3.63, 3.8) is 0 Å². The van der Waals surface area contributed by atoms with Gasteiger partial charge in [-0.15, -0.1) is 0 Å². The standard InChI is InChI=1S/C14H20N2O3/c15-14(7-10-18-11-14)13(17)16-8-4-9-19-12-5-2-1-3-6-12/h1-3,5-6H,4,7-11,15H2,(H,16,17). The van der Waals surface area contributed by atoms with Crippen molar-refractivity contribution in [2.24, 2.45) is 5.73 Å². The molecule has 1 unspecified atom stereocenters. The van der Waals surface area contributed by atoms with Gasteiger partial charge in [0.25, 0.3) is 0 Å². The number of para-hydroxylation sites is 1. The van der Waals surface area contributed by atoms with Crippen LogP contribution in [0.3, 0.4) is 0 Å². The highest BCUT2D eigenvalue weighted by atomic mass is 16.5. The Bertz CT molecular complexity index is 402. The Morgan fingerprint density at radius 2 is 2.21 bits per heavy atom. The average molecular weight is 264 g/mol. The number of amides is 1. The summed E-state index contributed by atoms with van der Waals surface area (Å²) in [5, 5.41) is 2.83. The van der Waals surface area contributed by atoms with Crippen LogP contribution >= 0.6 is 0 Å². The van der Waals surface area contributed by atoms with E-state index in [-0.39, 0.29) is 5.91 Å². The quantitative estimate of drug-likeness (QED) is 0.741. The minimum Gasteiger partial charge on any atom is -0.494 e. The number of benzene rings is 1. The lowest BCUT2D eigenvalue weighted by Gasteiger charge is -2.20. The normalized spacial score (nSPS) is 22.2. The topological polar surface area (TPSA) is 73.6 Å². The van der Waals surface area contributed by atoms with Crippen LogP contribution in [0.25, 0.3) is 0 Å². The summed E-state index contributed by atoms with van der Waals surface area (Å²) in [6, 6.07) is 9.61. The first-order valence-corrected chi connectivity index (χ1v) is 6.53. The minimum atomic E-state index is -0.847. The van der Waals surface area contributed by atoms with E-state index in [4.69, 9.17) is 15.2 Å². The van der Waals surface area contributed by atoms with Crippen molar-refractivity contribution < 1.29 is 14.3 Å². The van der Waals surface area contributed by atoms with Crippen LogP contribution in [0.15, 0.2) is 30.3 Å². The molecule has 0 aliphatic carbocycles. The van der Waals surface area contributed by atoms with Crippen molar-refractivity contribution in [2.75, 3.05) is 26.4 Å². The molecule has 0 saturated carbocycles. The van der Waals surface area contributed by atoms with Gasteiger partial charge in [-0.3, -0.25) is 4.79 Å². The SMILES string of the molecule is NC1(C(=O)NCCCOc2ccccc2)CCOC1. The molecule has 1 amide bonds. The fourth-order valence-corrected chi connectivity index (χ4v) is 1.92. The van der Waals surface area contributed by atoms with E-state index in [1.807, 2.05) is 30.3 Å². The predicted molar refractivity (Wildman–Crippen MR) is 71.9 cm³/mol. The van der Waals surface area contributed by atoms with E-state index >= 15 is 0 Å². The highest BCUT2D eigenvalue weighted by Crippen LogP contribution is 2.15. The molecule has 0 spiro atoms. The lowest BCUT2D eigenvalue weighted by Crippen LogP contribution is -2.54. The molecule has 1 aromatic carbocycles. The number of carbonyl (C=O) groups is 1. The number of ether oxygens (including phenoxy) is 2. The third kappa shape index (κ3) is 3.94. The van der Waals surface area contributed by atoms with Gasteiger partial charge < -0.3 is 20.5 Å². The highest BCUT2D eigenvalue weighted by Gasteiger charge is 2.37. The Morgan fingerprint density at radius 1 is 1.42 bits per heavy atom. The molecule has 1 fully saturated rings. The van der Waals surface area contributed by atoms with Crippen LogP contribution in [-0.4, -0.2) is 37.8 Å². The average Bonchev–Trinajstić information content (AvgIpc) is 2.88. The Kier molecular flexibility index (Phi) is 4.76. The second-order valence-corrected chi connectivity index (χ2v) is 4.73. The van der Waals surface area contributed by atoms with E-state index in [9.17, 15) is 4.79 Å². The molecule has 1 atom stereocenters. The summed E-state index contributed by atoms with van der Waals surface area (Å²) in [7, 11) is 0. The molecule has 1 aromatic rings. The van der Waals surface area contributed by atoms with Gasteiger partial charge in [-0.2, -0.15) is 0 Å². The summed E-state index contributed by atoms with van der Waals surface area (Å²) in [4.78, 5) is 11.8. The first-order chi connectivity index (χ1) is 9.21. The molecule has 1 aliphatic rings. The summed E-state index contributed by atoms with van der Waals surface area (Å²) < 4.78 is 10.7. The van der Waals surface area contributed by atoms with Gasteiger partial charge in [0.2, 0.25) is 5.91 Å². The molecule has 5 nitrogen and oxygen atoms in total. The molecule has 1 heterocycles.